The molecule has 0 aromatic carbocycles. The van der Waals surface area contributed by atoms with Crippen molar-refractivity contribution in [3.63, 3.8) is 0 Å². The number of rotatable bonds is 5. The van der Waals surface area contributed by atoms with Crippen molar-refractivity contribution >= 4 is 5.91 Å². The van der Waals surface area contributed by atoms with E-state index in [0.717, 1.165) is 19.4 Å². The van der Waals surface area contributed by atoms with Crippen molar-refractivity contribution in [3.05, 3.63) is 0 Å². The summed E-state index contributed by atoms with van der Waals surface area (Å²) in [6, 6.07) is 0. The van der Waals surface area contributed by atoms with E-state index in [1.807, 2.05) is 18.9 Å². The lowest BCUT2D eigenvalue weighted by molar-refractivity contribution is -0.134. The summed E-state index contributed by atoms with van der Waals surface area (Å²) in [7, 11) is 1.87. The maximum absolute atomic E-state index is 11.9. The number of nitrogens with zero attached hydrogens (tertiary/aromatic N) is 1. The fourth-order valence-corrected chi connectivity index (χ4v) is 1.37. The summed E-state index contributed by atoms with van der Waals surface area (Å²) in [5, 5.41) is 0. The Balaban J connectivity index is 4.09. The van der Waals surface area contributed by atoms with Gasteiger partial charge in [0.2, 0.25) is 5.91 Å². The quantitative estimate of drug-likeness (QED) is 0.759. The van der Waals surface area contributed by atoms with E-state index in [4.69, 9.17) is 5.73 Å². The van der Waals surface area contributed by atoms with Crippen LogP contribution in [0, 0.1) is 11.3 Å². The van der Waals surface area contributed by atoms with Gasteiger partial charge in [-0.3, -0.25) is 4.79 Å². The van der Waals surface area contributed by atoms with Gasteiger partial charge in [0.15, 0.2) is 0 Å². The van der Waals surface area contributed by atoms with Gasteiger partial charge < -0.3 is 10.6 Å². The highest BCUT2D eigenvalue weighted by Gasteiger charge is 2.20. The first kappa shape index (κ1) is 14.4. The van der Waals surface area contributed by atoms with E-state index >= 15 is 0 Å². The van der Waals surface area contributed by atoms with E-state index in [1.54, 1.807) is 0 Å². The lowest BCUT2D eigenvalue weighted by Crippen LogP contribution is -2.37. The Bertz CT molecular complexity index is 192. The smallest absolute Gasteiger partial charge is 0.226 e. The molecule has 0 spiro atoms. The molecule has 0 aromatic rings. The molecule has 0 saturated heterocycles. The molecule has 0 aliphatic rings. The van der Waals surface area contributed by atoms with Crippen molar-refractivity contribution < 1.29 is 4.79 Å². The van der Waals surface area contributed by atoms with Crippen LogP contribution in [-0.2, 0) is 4.79 Å². The highest BCUT2D eigenvalue weighted by atomic mass is 16.2. The summed E-state index contributed by atoms with van der Waals surface area (Å²) in [6.07, 6.45) is 1.85. The van der Waals surface area contributed by atoms with Gasteiger partial charge in [0, 0.05) is 20.1 Å². The third kappa shape index (κ3) is 5.78. The first-order valence-corrected chi connectivity index (χ1v) is 5.77. The summed E-state index contributed by atoms with van der Waals surface area (Å²) in [5.41, 5.74) is 5.83. The van der Waals surface area contributed by atoms with Gasteiger partial charge in [-0.1, -0.05) is 27.7 Å². The maximum atomic E-state index is 11.9. The van der Waals surface area contributed by atoms with Gasteiger partial charge >= 0.3 is 0 Å². The van der Waals surface area contributed by atoms with Crippen molar-refractivity contribution in [2.24, 2.45) is 17.1 Å². The van der Waals surface area contributed by atoms with Gasteiger partial charge in [0.05, 0.1) is 5.92 Å². The van der Waals surface area contributed by atoms with Crippen molar-refractivity contribution in [1.29, 1.82) is 0 Å². The van der Waals surface area contributed by atoms with Gasteiger partial charge in [0.25, 0.3) is 0 Å². The Morgan fingerprint density at radius 3 is 2.27 bits per heavy atom. The standard InChI is InChI=1S/C12H26N2O/c1-6-10(9-13)11(15)14(5)8-7-12(2,3)4/h10H,6-9,13H2,1-5H3. The second-order valence-electron chi connectivity index (χ2n) is 5.41. The van der Waals surface area contributed by atoms with Crippen LogP contribution in [0.15, 0.2) is 0 Å². The molecular formula is C12H26N2O. The zero-order chi connectivity index (χ0) is 12.1. The van der Waals surface area contributed by atoms with E-state index < -0.39 is 0 Å². The van der Waals surface area contributed by atoms with Crippen LogP contribution in [0.25, 0.3) is 0 Å². The van der Waals surface area contributed by atoms with Crippen LogP contribution >= 0.6 is 0 Å². The second-order valence-corrected chi connectivity index (χ2v) is 5.41. The number of nitrogens with two attached hydrogens (primary N) is 1. The predicted octanol–water partition coefficient (Wildman–Crippen LogP) is 1.87. The van der Waals surface area contributed by atoms with Crippen LogP contribution in [0.1, 0.15) is 40.5 Å². The minimum Gasteiger partial charge on any atom is -0.345 e. The van der Waals surface area contributed by atoms with E-state index in [9.17, 15) is 4.79 Å². The lowest BCUT2D eigenvalue weighted by Gasteiger charge is -2.26. The Morgan fingerprint density at radius 2 is 1.93 bits per heavy atom. The van der Waals surface area contributed by atoms with E-state index in [1.165, 1.54) is 0 Å². The first-order chi connectivity index (χ1) is 6.81. The molecule has 0 heterocycles. The summed E-state index contributed by atoms with van der Waals surface area (Å²) < 4.78 is 0. The molecule has 2 N–H and O–H groups in total. The number of carbonyl (C=O) groups excluding carboxylic acids is 1. The second kappa shape index (κ2) is 6.11. The van der Waals surface area contributed by atoms with Gasteiger partial charge in [-0.15, -0.1) is 0 Å². The third-order valence-corrected chi connectivity index (χ3v) is 2.70. The molecule has 0 radical (unpaired) electrons. The molecule has 0 rings (SSSR count). The van der Waals surface area contributed by atoms with Crippen molar-refractivity contribution in [2.45, 2.75) is 40.5 Å². The Morgan fingerprint density at radius 1 is 1.40 bits per heavy atom. The average molecular weight is 214 g/mol. The summed E-state index contributed by atoms with van der Waals surface area (Å²) in [5.74, 6) is 0.180. The zero-order valence-electron chi connectivity index (χ0n) is 10.8. The molecule has 90 valence electrons. The molecule has 1 atom stereocenters. The van der Waals surface area contributed by atoms with E-state index in [0.29, 0.717) is 6.54 Å². The maximum Gasteiger partial charge on any atom is 0.226 e. The number of carbonyl (C=O) groups is 1. The molecule has 3 nitrogen and oxygen atoms in total. The number of hydrogen-bond acceptors (Lipinski definition) is 2. The van der Waals surface area contributed by atoms with Crippen LogP contribution in [0.4, 0.5) is 0 Å². The van der Waals surface area contributed by atoms with Gasteiger partial charge in [-0.2, -0.15) is 0 Å². The predicted molar refractivity (Wildman–Crippen MR) is 64.5 cm³/mol. The van der Waals surface area contributed by atoms with Crippen molar-refractivity contribution in [1.82, 2.24) is 4.90 Å². The summed E-state index contributed by atoms with van der Waals surface area (Å²) >= 11 is 0. The van der Waals surface area contributed by atoms with Crippen molar-refractivity contribution in [3.8, 4) is 0 Å². The molecule has 0 fully saturated rings. The lowest BCUT2D eigenvalue weighted by atomic mass is 9.92. The molecule has 0 aliphatic carbocycles. The van der Waals surface area contributed by atoms with Crippen LogP contribution in [-0.4, -0.2) is 30.9 Å². The largest absolute Gasteiger partial charge is 0.345 e. The fourth-order valence-electron chi connectivity index (χ4n) is 1.37. The normalized spacial score (nSPS) is 13.7. The molecule has 0 saturated carbocycles. The van der Waals surface area contributed by atoms with Crippen LogP contribution in [0.3, 0.4) is 0 Å². The molecule has 3 heteroatoms. The minimum atomic E-state index is -0.00466. The molecular weight excluding hydrogens is 188 g/mol. The molecule has 15 heavy (non-hydrogen) atoms. The number of amides is 1. The monoisotopic (exact) mass is 214 g/mol. The molecule has 0 bridgehead atoms. The summed E-state index contributed by atoms with van der Waals surface area (Å²) in [4.78, 5) is 13.7. The van der Waals surface area contributed by atoms with Gasteiger partial charge in [-0.25, -0.2) is 0 Å². The van der Waals surface area contributed by atoms with Crippen LogP contribution in [0.5, 0.6) is 0 Å². The van der Waals surface area contributed by atoms with Crippen molar-refractivity contribution in [2.75, 3.05) is 20.1 Å². The van der Waals surface area contributed by atoms with Crippen LogP contribution in [0.2, 0.25) is 0 Å². The molecule has 0 aliphatic heterocycles. The SMILES string of the molecule is CCC(CN)C(=O)N(C)CCC(C)(C)C. The third-order valence-electron chi connectivity index (χ3n) is 2.70. The Kier molecular flexibility index (Phi) is 5.88. The van der Waals surface area contributed by atoms with Gasteiger partial charge in [0.1, 0.15) is 0 Å². The van der Waals surface area contributed by atoms with E-state index in [-0.39, 0.29) is 17.2 Å². The Hall–Kier alpha value is -0.570. The van der Waals surface area contributed by atoms with Crippen LogP contribution < -0.4 is 5.73 Å². The number of hydrogen-bond donors (Lipinski definition) is 1. The topological polar surface area (TPSA) is 46.3 Å². The highest BCUT2D eigenvalue weighted by molar-refractivity contribution is 5.78. The molecule has 1 amide bonds. The highest BCUT2D eigenvalue weighted by Crippen LogP contribution is 2.19. The minimum absolute atomic E-state index is 0.00466. The molecule has 0 aromatic heterocycles. The zero-order valence-corrected chi connectivity index (χ0v) is 10.8. The first-order valence-electron chi connectivity index (χ1n) is 5.77. The van der Waals surface area contributed by atoms with E-state index in [2.05, 4.69) is 20.8 Å². The average Bonchev–Trinajstić information content (AvgIpc) is 2.14. The Labute approximate surface area is 94.0 Å². The molecule has 1 unspecified atom stereocenters. The fraction of sp³-hybridized carbons (Fsp3) is 0.917. The van der Waals surface area contributed by atoms with Gasteiger partial charge in [-0.05, 0) is 18.3 Å². The summed E-state index contributed by atoms with van der Waals surface area (Å²) in [6.45, 7) is 9.84.